The Bertz CT molecular complexity index is 1380. The molecule has 0 N–H and O–H groups in total. The summed E-state index contributed by atoms with van der Waals surface area (Å²) in [5.74, 6) is -0.828. The van der Waals surface area contributed by atoms with E-state index in [2.05, 4.69) is 57.2 Å². The Balaban J connectivity index is 4.19. The van der Waals surface area contributed by atoms with Crippen LogP contribution in [0.1, 0.15) is 419 Å². The number of rotatable bonds is 70. The Morgan fingerprint density at radius 3 is 0.675 bits per heavy atom. The number of allylic oxidation sites excluding steroid dienone is 6. The molecule has 0 fully saturated rings. The first-order chi connectivity index (χ1) is 41.0. The van der Waals surface area contributed by atoms with Gasteiger partial charge in [0, 0.05) is 19.3 Å². The monoisotopic (exact) mass is 1170 g/mol. The van der Waals surface area contributed by atoms with Crippen LogP contribution >= 0.6 is 0 Å². The molecule has 0 bridgehead atoms. The molecule has 0 spiro atoms. The SMILES string of the molecule is CCCCCCC/C=C\C/C=C\C/C=C\CCCCCCCCCCCCCCCCCCC(=O)OCC(COC(=O)CCCCCCCCCCCCCCCCCC)OC(=O)CCCCCCCCCCCCCCCCCCCC. The summed E-state index contributed by atoms with van der Waals surface area (Å²) in [5.41, 5.74) is 0. The molecule has 0 aromatic rings. The van der Waals surface area contributed by atoms with Crippen LogP contribution in [-0.4, -0.2) is 37.2 Å². The molecule has 6 heteroatoms. The van der Waals surface area contributed by atoms with Gasteiger partial charge >= 0.3 is 17.9 Å². The molecular formula is C77H144O6. The van der Waals surface area contributed by atoms with Crippen molar-refractivity contribution in [1.29, 1.82) is 0 Å². The highest BCUT2D eigenvalue weighted by Gasteiger charge is 2.20. The topological polar surface area (TPSA) is 78.9 Å². The molecule has 0 saturated heterocycles. The van der Waals surface area contributed by atoms with Crippen molar-refractivity contribution in [3.8, 4) is 0 Å². The molecule has 488 valence electrons. The maximum atomic E-state index is 13.0. The van der Waals surface area contributed by atoms with E-state index in [1.807, 2.05) is 0 Å². The molecule has 0 amide bonds. The molecule has 0 aliphatic carbocycles. The molecule has 0 aliphatic rings. The van der Waals surface area contributed by atoms with E-state index in [1.165, 1.54) is 308 Å². The summed E-state index contributed by atoms with van der Waals surface area (Å²) in [4.78, 5) is 38.5. The molecule has 0 heterocycles. The lowest BCUT2D eigenvalue weighted by atomic mass is 10.0. The van der Waals surface area contributed by atoms with Crippen LogP contribution in [0.25, 0.3) is 0 Å². The number of carbonyl (C=O) groups excluding carboxylic acids is 3. The highest BCUT2D eigenvalue weighted by Crippen LogP contribution is 2.19. The van der Waals surface area contributed by atoms with E-state index in [0.717, 1.165) is 70.6 Å². The molecule has 1 unspecified atom stereocenters. The normalized spacial score (nSPS) is 12.2. The van der Waals surface area contributed by atoms with Crippen LogP contribution in [0.2, 0.25) is 0 Å². The summed E-state index contributed by atoms with van der Waals surface area (Å²) in [5, 5.41) is 0. The molecule has 0 saturated carbocycles. The fourth-order valence-electron chi connectivity index (χ4n) is 11.5. The van der Waals surface area contributed by atoms with Crippen molar-refractivity contribution in [1.82, 2.24) is 0 Å². The first kappa shape index (κ1) is 80.6. The lowest BCUT2D eigenvalue weighted by Crippen LogP contribution is -2.30. The van der Waals surface area contributed by atoms with Gasteiger partial charge in [-0.3, -0.25) is 14.4 Å². The lowest BCUT2D eigenvalue weighted by Gasteiger charge is -2.18. The number of ether oxygens (including phenoxy) is 3. The number of esters is 3. The van der Waals surface area contributed by atoms with Gasteiger partial charge in [0.1, 0.15) is 13.2 Å². The number of hydrogen-bond acceptors (Lipinski definition) is 6. The smallest absolute Gasteiger partial charge is 0.306 e. The van der Waals surface area contributed by atoms with Crippen molar-refractivity contribution in [2.24, 2.45) is 0 Å². The predicted octanol–water partition coefficient (Wildman–Crippen LogP) is 25.9. The van der Waals surface area contributed by atoms with E-state index in [0.29, 0.717) is 19.3 Å². The second-order valence-corrected chi connectivity index (χ2v) is 25.6. The van der Waals surface area contributed by atoms with Gasteiger partial charge in [-0.05, 0) is 57.8 Å². The van der Waals surface area contributed by atoms with Crippen LogP contribution in [0.4, 0.5) is 0 Å². The van der Waals surface area contributed by atoms with E-state index in [9.17, 15) is 14.4 Å². The van der Waals surface area contributed by atoms with E-state index in [4.69, 9.17) is 14.2 Å². The Morgan fingerprint density at radius 2 is 0.434 bits per heavy atom. The van der Waals surface area contributed by atoms with E-state index >= 15 is 0 Å². The highest BCUT2D eigenvalue weighted by molar-refractivity contribution is 5.71. The van der Waals surface area contributed by atoms with Gasteiger partial charge in [-0.1, -0.05) is 378 Å². The molecule has 0 aromatic heterocycles. The summed E-state index contributed by atoms with van der Waals surface area (Å²) in [6.07, 6.45) is 90.4. The van der Waals surface area contributed by atoms with Gasteiger partial charge in [0.15, 0.2) is 6.10 Å². The zero-order valence-electron chi connectivity index (χ0n) is 56.2. The van der Waals surface area contributed by atoms with E-state index < -0.39 is 6.10 Å². The third kappa shape index (κ3) is 70.3. The molecule has 0 radical (unpaired) electrons. The molecule has 1 atom stereocenters. The van der Waals surface area contributed by atoms with Crippen molar-refractivity contribution >= 4 is 17.9 Å². The largest absolute Gasteiger partial charge is 0.462 e. The number of carbonyl (C=O) groups is 3. The average Bonchev–Trinajstić information content (AvgIpc) is 3.49. The van der Waals surface area contributed by atoms with E-state index in [1.54, 1.807) is 0 Å². The fourth-order valence-corrected chi connectivity index (χ4v) is 11.5. The van der Waals surface area contributed by atoms with Crippen molar-refractivity contribution < 1.29 is 28.6 Å². The maximum Gasteiger partial charge on any atom is 0.306 e. The third-order valence-corrected chi connectivity index (χ3v) is 17.1. The first-order valence-corrected chi connectivity index (χ1v) is 37.5. The number of hydrogen-bond donors (Lipinski definition) is 0. The fraction of sp³-hybridized carbons (Fsp3) is 0.883. The minimum absolute atomic E-state index is 0.0641. The van der Waals surface area contributed by atoms with Crippen molar-refractivity contribution in [3.05, 3.63) is 36.5 Å². The van der Waals surface area contributed by atoms with Gasteiger partial charge in [0.05, 0.1) is 0 Å². The zero-order chi connectivity index (χ0) is 59.9. The molecular weight excluding hydrogens is 1020 g/mol. The summed E-state index contributed by atoms with van der Waals surface area (Å²) in [7, 11) is 0. The second-order valence-electron chi connectivity index (χ2n) is 25.6. The summed E-state index contributed by atoms with van der Waals surface area (Å²) in [6.45, 7) is 6.72. The third-order valence-electron chi connectivity index (χ3n) is 17.1. The van der Waals surface area contributed by atoms with Gasteiger partial charge < -0.3 is 14.2 Å². The molecule has 83 heavy (non-hydrogen) atoms. The van der Waals surface area contributed by atoms with Crippen LogP contribution in [0.15, 0.2) is 36.5 Å². The van der Waals surface area contributed by atoms with Crippen LogP contribution < -0.4 is 0 Å². The van der Waals surface area contributed by atoms with Crippen LogP contribution in [-0.2, 0) is 28.6 Å². The Morgan fingerprint density at radius 1 is 0.241 bits per heavy atom. The Labute approximate surface area is 518 Å². The highest BCUT2D eigenvalue weighted by atomic mass is 16.6. The van der Waals surface area contributed by atoms with Crippen molar-refractivity contribution in [2.45, 2.75) is 425 Å². The van der Waals surface area contributed by atoms with Crippen LogP contribution in [0.5, 0.6) is 0 Å². The summed E-state index contributed by atoms with van der Waals surface area (Å²) in [6, 6.07) is 0. The average molecular weight is 1170 g/mol. The zero-order valence-corrected chi connectivity index (χ0v) is 56.2. The minimum atomic E-state index is -0.768. The second kappa shape index (κ2) is 72.1. The van der Waals surface area contributed by atoms with E-state index in [-0.39, 0.29) is 31.1 Å². The van der Waals surface area contributed by atoms with Crippen LogP contribution in [0.3, 0.4) is 0 Å². The quantitative estimate of drug-likeness (QED) is 0.0261. The standard InChI is InChI=1S/C77H144O6/c1-4-7-10-13-16-19-22-25-28-31-33-34-35-36-37-38-39-40-41-42-43-44-45-47-49-52-55-58-61-64-67-70-76(79)82-73-74(72-81-75(78)69-66-63-60-57-54-51-48-30-27-24-21-18-15-12-9-6-3)83-77(80)71-68-65-62-59-56-53-50-46-32-29-26-23-20-17-14-11-8-5-2/h22,25,31,33,35-36,74H,4-21,23-24,26-30,32,34,37-73H2,1-3H3/b25-22-,33-31-,36-35-. The van der Waals surface area contributed by atoms with Gasteiger partial charge in [-0.2, -0.15) is 0 Å². The van der Waals surface area contributed by atoms with Gasteiger partial charge in [-0.15, -0.1) is 0 Å². The van der Waals surface area contributed by atoms with Crippen LogP contribution in [0, 0.1) is 0 Å². The molecule has 6 nitrogen and oxygen atoms in total. The van der Waals surface area contributed by atoms with Gasteiger partial charge in [0.2, 0.25) is 0 Å². The summed E-state index contributed by atoms with van der Waals surface area (Å²) < 4.78 is 17.0. The minimum Gasteiger partial charge on any atom is -0.462 e. The van der Waals surface area contributed by atoms with Gasteiger partial charge in [0.25, 0.3) is 0 Å². The maximum absolute atomic E-state index is 13.0. The molecule has 0 rings (SSSR count). The number of unbranched alkanes of at least 4 members (excludes halogenated alkanes) is 53. The molecule has 0 aromatic carbocycles. The van der Waals surface area contributed by atoms with Crippen molar-refractivity contribution in [3.63, 3.8) is 0 Å². The van der Waals surface area contributed by atoms with Crippen molar-refractivity contribution in [2.75, 3.05) is 13.2 Å². The Kier molecular flexibility index (Phi) is 70.0. The molecule has 0 aliphatic heterocycles. The predicted molar refractivity (Wildman–Crippen MR) is 362 cm³/mol. The summed E-state index contributed by atoms with van der Waals surface area (Å²) >= 11 is 0. The van der Waals surface area contributed by atoms with Gasteiger partial charge in [-0.25, -0.2) is 0 Å². The first-order valence-electron chi connectivity index (χ1n) is 37.5. The Hall–Kier alpha value is -2.37. The lowest BCUT2D eigenvalue weighted by molar-refractivity contribution is -0.167.